The maximum absolute atomic E-state index is 10.8. The van der Waals surface area contributed by atoms with Gasteiger partial charge in [0.05, 0.1) is 6.54 Å². The average molecular weight is 232 g/mol. The van der Waals surface area contributed by atoms with E-state index in [0.717, 1.165) is 0 Å². The third-order valence-electron chi connectivity index (χ3n) is 2.08. The fourth-order valence-electron chi connectivity index (χ4n) is 1.29. The van der Waals surface area contributed by atoms with Crippen LogP contribution >= 0.6 is 0 Å². The molecule has 7 nitrogen and oxygen atoms in total. The number of nitrogens with zero attached hydrogens (tertiary/aromatic N) is 4. The number of amides is 1. The van der Waals surface area contributed by atoms with Crippen molar-refractivity contribution in [2.45, 2.75) is 6.54 Å². The molecule has 2 rings (SSSR count). The fourth-order valence-corrected chi connectivity index (χ4v) is 1.29. The highest BCUT2D eigenvalue weighted by Gasteiger charge is 2.03. The number of primary amides is 1. The van der Waals surface area contributed by atoms with Crippen LogP contribution in [0.15, 0.2) is 30.7 Å². The molecule has 3 N–H and O–H groups in total. The molecule has 0 radical (unpaired) electrons. The van der Waals surface area contributed by atoms with Gasteiger partial charge in [-0.15, -0.1) is 0 Å². The first-order valence-corrected chi connectivity index (χ1v) is 5.10. The molecule has 0 bridgehead atoms. The van der Waals surface area contributed by atoms with Gasteiger partial charge in [-0.3, -0.25) is 9.48 Å². The van der Waals surface area contributed by atoms with Crippen molar-refractivity contribution in [1.82, 2.24) is 19.7 Å². The molecule has 88 valence electrons. The normalized spacial score (nSPS) is 10.1. The van der Waals surface area contributed by atoms with Crippen LogP contribution in [0, 0.1) is 0 Å². The number of aromatic nitrogens is 4. The van der Waals surface area contributed by atoms with Gasteiger partial charge in [-0.2, -0.15) is 5.10 Å². The summed E-state index contributed by atoms with van der Waals surface area (Å²) < 4.78 is 1.63. The molecule has 2 aromatic rings. The van der Waals surface area contributed by atoms with E-state index in [-0.39, 0.29) is 5.69 Å². The fraction of sp³-hybridized carbons (Fsp3) is 0.200. The smallest absolute Gasteiger partial charge is 0.269 e. The lowest BCUT2D eigenvalue weighted by Crippen LogP contribution is -2.15. The van der Waals surface area contributed by atoms with Gasteiger partial charge in [0.1, 0.15) is 5.69 Å². The number of hydrogen-bond donors (Lipinski definition) is 2. The second-order valence-corrected chi connectivity index (χ2v) is 3.33. The van der Waals surface area contributed by atoms with Crippen LogP contribution in [0.3, 0.4) is 0 Å². The molecule has 0 aliphatic heterocycles. The van der Waals surface area contributed by atoms with Gasteiger partial charge in [-0.25, -0.2) is 9.97 Å². The van der Waals surface area contributed by atoms with E-state index < -0.39 is 5.91 Å². The lowest BCUT2D eigenvalue weighted by atomic mass is 10.4. The van der Waals surface area contributed by atoms with Crippen LogP contribution in [0.1, 0.15) is 10.5 Å². The van der Waals surface area contributed by atoms with Gasteiger partial charge in [0.2, 0.25) is 5.95 Å². The average Bonchev–Trinajstić information content (AvgIpc) is 2.79. The molecule has 2 heterocycles. The first-order valence-electron chi connectivity index (χ1n) is 5.10. The second kappa shape index (κ2) is 5.06. The molecule has 0 fully saturated rings. The standard InChI is InChI=1S/C10H12N6O/c11-9(17)8-2-6-16(15-8)7-5-14-10-12-3-1-4-13-10/h1-4,6H,5,7H2,(H2,11,17)(H,12,13,14). The third kappa shape index (κ3) is 3.00. The Balaban J connectivity index is 1.84. The molecule has 0 saturated heterocycles. The van der Waals surface area contributed by atoms with Crippen LogP contribution < -0.4 is 11.1 Å². The van der Waals surface area contributed by atoms with Crippen molar-refractivity contribution >= 4 is 11.9 Å². The van der Waals surface area contributed by atoms with Gasteiger partial charge in [-0.1, -0.05) is 0 Å². The Kier molecular flexibility index (Phi) is 3.29. The summed E-state index contributed by atoms with van der Waals surface area (Å²) in [6.07, 6.45) is 5.02. The molecule has 17 heavy (non-hydrogen) atoms. The second-order valence-electron chi connectivity index (χ2n) is 3.33. The Bertz CT molecular complexity index is 495. The van der Waals surface area contributed by atoms with Crippen molar-refractivity contribution in [1.29, 1.82) is 0 Å². The Morgan fingerprint density at radius 2 is 2.18 bits per heavy atom. The van der Waals surface area contributed by atoms with Gasteiger partial charge in [-0.05, 0) is 12.1 Å². The van der Waals surface area contributed by atoms with Crippen molar-refractivity contribution in [2.75, 3.05) is 11.9 Å². The molecular formula is C10H12N6O. The molecular weight excluding hydrogens is 220 g/mol. The largest absolute Gasteiger partial charge is 0.364 e. The first-order chi connectivity index (χ1) is 8.25. The quantitative estimate of drug-likeness (QED) is 0.749. The maximum Gasteiger partial charge on any atom is 0.269 e. The van der Waals surface area contributed by atoms with E-state index >= 15 is 0 Å². The summed E-state index contributed by atoms with van der Waals surface area (Å²) in [6, 6.07) is 3.33. The summed E-state index contributed by atoms with van der Waals surface area (Å²) in [5.41, 5.74) is 5.36. The van der Waals surface area contributed by atoms with E-state index in [0.29, 0.717) is 19.0 Å². The number of rotatable bonds is 5. The lowest BCUT2D eigenvalue weighted by molar-refractivity contribution is 0.0994. The number of carbonyl (C=O) groups is 1. The highest BCUT2D eigenvalue weighted by atomic mass is 16.1. The highest BCUT2D eigenvalue weighted by Crippen LogP contribution is 1.96. The maximum atomic E-state index is 10.8. The number of nitrogens with one attached hydrogen (secondary N) is 1. The zero-order valence-electron chi connectivity index (χ0n) is 9.08. The molecule has 0 spiro atoms. The van der Waals surface area contributed by atoms with Crippen molar-refractivity contribution in [2.24, 2.45) is 5.73 Å². The van der Waals surface area contributed by atoms with Gasteiger partial charge in [0, 0.05) is 25.1 Å². The van der Waals surface area contributed by atoms with Crippen LogP contribution in [0.2, 0.25) is 0 Å². The van der Waals surface area contributed by atoms with Gasteiger partial charge in [0.15, 0.2) is 0 Å². The SMILES string of the molecule is NC(=O)c1ccn(CCNc2ncccn2)n1. The van der Waals surface area contributed by atoms with E-state index in [1.807, 2.05) is 0 Å². The Morgan fingerprint density at radius 3 is 2.82 bits per heavy atom. The summed E-state index contributed by atoms with van der Waals surface area (Å²) in [5.74, 6) is 0.0397. The number of hydrogen-bond acceptors (Lipinski definition) is 5. The molecule has 0 unspecified atom stereocenters. The predicted octanol–water partition coefficient (Wildman–Crippen LogP) is -0.116. The topological polar surface area (TPSA) is 98.7 Å². The van der Waals surface area contributed by atoms with Crippen LogP contribution in [0.5, 0.6) is 0 Å². The Hall–Kier alpha value is -2.44. The number of carbonyl (C=O) groups excluding carboxylic acids is 1. The van der Waals surface area contributed by atoms with Crippen LogP contribution in [0.4, 0.5) is 5.95 Å². The zero-order valence-corrected chi connectivity index (χ0v) is 9.08. The molecule has 1 amide bonds. The van der Waals surface area contributed by atoms with Crippen LogP contribution in [-0.4, -0.2) is 32.2 Å². The third-order valence-corrected chi connectivity index (χ3v) is 2.08. The van der Waals surface area contributed by atoms with E-state index in [2.05, 4.69) is 20.4 Å². The predicted molar refractivity (Wildman–Crippen MR) is 61.3 cm³/mol. The minimum atomic E-state index is -0.525. The van der Waals surface area contributed by atoms with E-state index in [1.165, 1.54) is 0 Å². The van der Waals surface area contributed by atoms with Gasteiger partial charge < -0.3 is 11.1 Å². The first kappa shape index (κ1) is 11.1. The van der Waals surface area contributed by atoms with Crippen molar-refractivity contribution < 1.29 is 4.79 Å². The zero-order chi connectivity index (χ0) is 12.1. The lowest BCUT2D eigenvalue weighted by Gasteiger charge is -2.03. The van der Waals surface area contributed by atoms with Gasteiger partial charge in [0.25, 0.3) is 5.91 Å². The molecule has 2 aromatic heterocycles. The van der Waals surface area contributed by atoms with Gasteiger partial charge >= 0.3 is 0 Å². The molecule has 0 saturated carbocycles. The minimum absolute atomic E-state index is 0.265. The molecule has 0 atom stereocenters. The molecule has 0 aromatic carbocycles. The van der Waals surface area contributed by atoms with Crippen LogP contribution in [-0.2, 0) is 6.54 Å². The monoisotopic (exact) mass is 232 g/mol. The highest BCUT2D eigenvalue weighted by molar-refractivity contribution is 5.90. The summed E-state index contributed by atoms with van der Waals surface area (Å²) >= 11 is 0. The van der Waals surface area contributed by atoms with E-state index in [4.69, 9.17) is 5.73 Å². The summed E-state index contributed by atoms with van der Waals surface area (Å²) in [7, 11) is 0. The molecule has 0 aliphatic carbocycles. The summed E-state index contributed by atoms with van der Waals surface area (Å²) in [4.78, 5) is 18.9. The summed E-state index contributed by atoms with van der Waals surface area (Å²) in [5, 5.41) is 7.03. The minimum Gasteiger partial charge on any atom is -0.364 e. The molecule has 0 aliphatic rings. The van der Waals surface area contributed by atoms with E-state index in [1.54, 1.807) is 35.4 Å². The molecule has 7 heteroatoms. The Morgan fingerprint density at radius 1 is 1.41 bits per heavy atom. The van der Waals surface area contributed by atoms with Crippen molar-refractivity contribution in [3.05, 3.63) is 36.4 Å². The van der Waals surface area contributed by atoms with E-state index in [9.17, 15) is 4.79 Å². The number of nitrogens with two attached hydrogens (primary N) is 1. The van der Waals surface area contributed by atoms with Crippen molar-refractivity contribution in [3.63, 3.8) is 0 Å². The summed E-state index contributed by atoms with van der Waals surface area (Å²) in [6.45, 7) is 1.22. The van der Waals surface area contributed by atoms with Crippen LogP contribution in [0.25, 0.3) is 0 Å². The Labute approximate surface area is 97.7 Å². The van der Waals surface area contributed by atoms with Crippen molar-refractivity contribution in [3.8, 4) is 0 Å². The number of anilines is 1.